The van der Waals surface area contributed by atoms with Crippen LogP contribution in [-0.4, -0.2) is 33.1 Å². The average molecular weight is 439 g/mol. The summed E-state index contributed by atoms with van der Waals surface area (Å²) >= 11 is 0. The first-order chi connectivity index (χ1) is 15.1. The lowest BCUT2D eigenvalue weighted by Gasteiger charge is -2.25. The van der Waals surface area contributed by atoms with Gasteiger partial charge in [-0.2, -0.15) is 0 Å². The van der Waals surface area contributed by atoms with Crippen molar-refractivity contribution in [2.45, 2.75) is 39.3 Å². The summed E-state index contributed by atoms with van der Waals surface area (Å²) in [4.78, 5) is 16.4. The van der Waals surface area contributed by atoms with Gasteiger partial charge in [-0.3, -0.25) is 15.1 Å². The zero-order valence-electron chi connectivity index (χ0n) is 18.1. The zero-order valence-corrected chi connectivity index (χ0v) is 18.1. The first-order valence-corrected chi connectivity index (χ1v) is 10.0. The molecule has 0 aliphatic heterocycles. The Morgan fingerprint density at radius 2 is 1.97 bits per heavy atom. The molecule has 3 aromatic rings. The number of benzene rings is 2. The number of anilines is 1. The third-order valence-corrected chi connectivity index (χ3v) is 4.48. The standard InChI is InChI=1S/C24H26FN3O4/c1-24(2,3)32-23(31)27-13-17-8-7-16(12-19(17)15-5-4-6-18(29)11-15)22(30)28-21-9-10-26-14-20(21)25/h4-12,14,23,27,29,31H,13H2,1-3H3,(H,26,28,30). The van der Waals surface area contributed by atoms with E-state index in [0.29, 0.717) is 16.7 Å². The van der Waals surface area contributed by atoms with Gasteiger partial charge in [-0.25, -0.2) is 4.39 Å². The Bertz CT molecular complexity index is 1100. The molecule has 0 saturated carbocycles. The third-order valence-electron chi connectivity index (χ3n) is 4.48. The number of carbonyl (C=O) groups excluding carboxylic acids is 1. The van der Waals surface area contributed by atoms with Crippen LogP contribution in [0.1, 0.15) is 36.7 Å². The third kappa shape index (κ3) is 6.34. The Hall–Kier alpha value is -3.33. The second-order valence-electron chi connectivity index (χ2n) is 8.20. The topological polar surface area (TPSA) is 104 Å². The van der Waals surface area contributed by atoms with Crippen molar-refractivity contribution in [3.63, 3.8) is 0 Å². The molecule has 1 atom stereocenters. The number of rotatable bonds is 7. The van der Waals surface area contributed by atoms with Crippen molar-refractivity contribution >= 4 is 11.6 Å². The molecule has 0 radical (unpaired) electrons. The Kier molecular flexibility index (Phi) is 7.19. The summed E-state index contributed by atoms with van der Waals surface area (Å²) in [6.45, 7) is 5.72. The number of hydrogen-bond acceptors (Lipinski definition) is 6. The van der Waals surface area contributed by atoms with Crippen LogP contribution in [0.3, 0.4) is 0 Å². The van der Waals surface area contributed by atoms with Crippen LogP contribution in [0.4, 0.5) is 10.1 Å². The number of nitrogens with one attached hydrogen (secondary N) is 2. The van der Waals surface area contributed by atoms with Crippen molar-refractivity contribution in [1.29, 1.82) is 0 Å². The predicted octanol–water partition coefficient (Wildman–Crippen LogP) is 4.03. The first kappa shape index (κ1) is 23.3. The second-order valence-corrected chi connectivity index (χ2v) is 8.20. The molecule has 0 aliphatic rings. The molecule has 4 N–H and O–H groups in total. The van der Waals surface area contributed by atoms with Crippen molar-refractivity contribution in [1.82, 2.24) is 10.3 Å². The minimum absolute atomic E-state index is 0.0251. The van der Waals surface area contributed by atoms with Gasteiger partial charge >= 0.3 is 0 Å². The van der Waals surface area contributed by atoms with Crippen LogP contribution in [-0.2, 0) is 11.3 Å². The quantitative estimate of drug-likeness (QED) is 0.415. The van der Waals surface area contributed by atoms with Crippen molar-refractivity contribution < 1.29 is 24.1 Å². The van der Waals surface area contributed by atoms with Crippen LogP contribution in [0.25, 0.3) is 11.1 Å². The SMILES string of the molecule is CC(C)(C)OC(O)NCc1ccc(C(=O)Nc2ccncc2F)cc1-c1cccc(O)c1. The van der Waals surface area contributed by atoms with E-state index in [1.165, 1.54) is 12.3 Å². The molecule has 8 heteroatoms. The zero-order chi connectivity index (χ0) is 23.3. The van der Waals surface area contributed by atoms with Gasteiger partial charge in [0.05, 0.1) is 17.5 Å². The maximum Gasteiger partial charge on any atom is 0.255 e. The Morgan fingerprint density at radius 1 is 1.19 bits per heavy atom. The smallest absolute Gasteiger partial charge is 0.255 e. The van der Waals surface area contributed by atoms with Crippen molar-refractivity contribution in [2.24, 2.45) is 0 Å². The van der Waals surface area contributed by atoms with Gasteiger partial charge in [0.25, 0.3) is 5.91 Å². The van der Waals surface area contributed by atoms with E-state index in [1.54, 1.807) is 42.5 Å². The molecule has 1 amide bonds. The van der Waals surface area contributed by atoms with Gasteiger partial charge in [-0.15, -0.1) is 0 Å². The minimum Gasteiger partial charge on any atom is -0.508 e. The number of phenols is 1. The van der Waals surface area contributed by atoms with Gasteiger partial charge in [0.15, 0.2) is 5.82 Å². The molecule has 0 bridgehead atoms. The van der Waals surface area contributed by atoms with Gasteiger partial charge in [0, 0.05) is 18.3 Å². The van der Waals surface area contributed by atoms with E-state index in [1.807, 2.05) is 20.8 Å². The van der Waals surface area contributed by atoms with E-state index in [2.05, 4.69) is 15.6 Å². The molecular weight excluding hydrogens is 413 g/mol. The predicted molar refractivity (Wildman–Crippen MR) is 119 cm³/mol. The number of amides is 1. The fourth-order valence-electron chi connectivity index (χ4n) is 3.06. The van der Waals surface area contributed by atoms with Crippen LogP contribution in [0.15, 0.2) is 60.9 Å². The Morgan fingerprint density at radius 3 is 2.66 bits per heavy atom. The maximum atomic E-state index is 13.9. The fourth-order valence-corrected chi connectivity index (χ4v) is 3.06. The average Bonchev–Trinajstić information content (AvgIpc) is 2.72. The molecular formula is C24H26FN3O4. The van der Waals surface area contributed by atoms with E-state index in [4.69, 9.17) is 4.74 Å². The highest BCUT2D eigenvalue weighted by molar-refractivity contribution is 6.05. The molecule has 2 aromatic carbocycles. The number of carbonyl (C=O) groups is 1. The van der Waals surface area contributed by atoms with E-state index in [0.717, 1.165) is 11.8 Å². The van der Waals surface area contributed by atoms with Crippen molar-refractivity contribution in [3.05, 3.63) is 77.9 Å². The molecule has 0 spiro atoms. The van der Waals surface area contributed by atoms with Crippen LogP contribution >= 0.6 is 0 Å². The molecule has 32 heavy (non-hydrogen) atoms. The summed E-state index contributed by atoms with van der Waals surface area (Å²) in [5.41, 5.74) is 1.90. The second kappa shape index (κ2) is 9.86. The number of phenolic OH excluding ortho intramolecular Hbond substituents is 1. The van der Waals surface area contributed by atoms with Crippen LogP contribution in [0.5, 0.6) is 5.75 Å². The number of pyridine rings is 1. The van der Waals surface area contributed by atoms with E-state index < -0.39 is 23.7 Å². The Labute approximate surface area is 185 Å². The van der Waals surface area contributed by atoms with Gasteiger partial charge in [0.2, 0.25) is 6.41 Å². The molecule has 0 aliphatic carbocycles. The first-order valence-electron chi connectivity index (χ1n) is 10.0. The van der Waals surface area contributed by atoms with Crippen LogP contribution in [0, 0.1) is 5.82 Å². The van der Waals surface area contributed by atoms with E-state index in [-0.39, 0.29) is 18.0 Å². The van der Waals surface area contributed by atoms with E-state index >= 15 is 0 Å². The molecule has 0 fully saturated rings. The molecule has 3 rings (SSSR count). The summed E-state index contributed by atoms with van der Waals surface area (Å²) in [5.74, 6) is -1.05. The molecule has 1 unspecified atom stereocenters. The monoisotopic (exact) mass is 439 g/mol. The number of aliphatic hydroxyl groups is 1. The van der Waals surface area contributed by atoms with Crippen LogP contribution in [0.2, 0.25) is 0 Å². The summed E-state index contributed by atoms with van der Waals surface area (Å²) in [5, 5.41) is 25.4. The van der Waals surface area contributed by atoms with Gasteiger partial charge in [-0.05, 0) is 67.8 Å². The number of hydrogen-bond donors (Lipinski definition) is 4. The summed E-state index contributed by atoms with van der Waals surface area (Å²) < 4.78 is 19.3. The lowest BCUT2D eigenvalue weighted by molar-refractivity contribution is -0.182. The fraction of sp³-hybridized carbons (Fsp3) is 0.250. The van der Waals surface area contributed by atoms with Crippen LogP contribution < -0.4 is 10.6 Å². The number of aliphatic hydroxyl groups excluding tert-OH is 1. The number of ether oxygens (including phenoxy) is 1. The van der Waals surface area contributed by atoms with Gasteiger partial charge < -0.3 is 20.3 Å². The maximum absolute atomic E-state index is 13.9. The molecule has 7 nitrogen and oxygen atoms in total. The normalized spacial score (nSPS) is 12.4. The molecule has 1 aromatic heterocycles. The Balaban J connectivity index is 1.89. The summed E-state index contributed by atoms with van der Waals surface area (Å²) in [7, 11) is 0. The van der Waals surface area contributed by atoms with E-state index in [9.17, 15) is 19.4 Å². The molecule has 1 heterocycles. The lowest BCUT2D eigenvalue weighted by atomic mass is 9.96. The number of aromatic hydroxyl groups is 1. The number of halogens is 1. The number of nitrogens with zero attached hydrogens (tertiary/aromatic N) is 1. The van der Waals surface area contributed by atoms with Gasteiger partial charge in [0.1, 0.15) is 5.75 Å². The lowest BCUT2D eigenvalue weighted by Crippen LogP contribution is -2.37. The molecule has 0 saturated heterocycles. The minimum atomic E-state index is -1.19. The number of aromatic nitrogens is 1. The highest BCUT2D eigenvalue weighted by Gasteiger charge is 2.18. The van der Waals surface area contributed by atoms with Gasteiger partial charge in [-0.1, -0.05) is 18.2 Å². The highest BCUT2D eigenvalue weighted by atomic mass is 19.1. The van der Waals surface area contributed by atoms with Crippen molar-refractivity contribution in [3.8, 4) is 16.9 Å². The summed E-state index contributed by atoms with van der Waals surface area (Å²) in [6, 6.07) is 13.0. The largest absolute Gasteiger partial charge is 0.508 e. The van der Waals surface area contributed by atoms with Crippen molar-refractivity contribution in [2.75, 3.05) is 5.32 Å². The molecule has 168 valence electrons. The summed E-state index contributed by atoms with van der Waals surface area (Å²) in [6.07, 6.45) is 1.22. The highest BCUT2D eigenvalue weighted by Crippen LogP contribution is 2.28.